The first-order chi connectivity index (χ1) is 13.6. The second kappa shape index (κ2) is 8.80. The minimum atomic E-state index is -5.08. The van der Waals surface area contributed by atoms with Crippen LogP contribution < -0.4 is 0 Å². The smallest absolute Gasteiger partial charge is 0.475 e. The summed E-state index contributed by atoms with van der Waals surface area (Å²) in [5, 5.41) is 8.97. The number of thiophene rings is 1. The average Bonchev–Trinajstić information content (AvgIpc) is 3.38. The third kappa shape index (κ3) is 5.55. The molecule has 4 heterocycles. The zero-order valence-electron chi connectivity index (χ0n) is 15.6. The fraction of sp³-hybridized carbons (Fsp3) is 0.500. The highest BCUT2D eigenvalue weighted by Gasteiger charge is 2.42. The van der Waals surface area contributed by atoms with Crippen molar-refractivity contribution >= 4 is 34.6 Å². The third-order valence-corrected chi connectivity index (χ3v) is 6.49. The normalized spacial score (nSPS) is 21.6. The zero-order chi connectivity index (χ0) is 21.2. The topological polar surface area (TPSA) is 73.7 Å². The summed E-state index contributed by atoms with van der Waals surface area (Å²) >= 11 is 3.38. The lowest BCUT2D eigenvalue weighted by Crippen LogP contribution is -2.33. The van der Waals surface area contributed by atoms with Gasteiger partial charge < -0.3 is 10.0 Å². The van der Waals surface area contributed by atoms with Crippen LogP contribution in [0.5, 0.6) is 0 Å². The summed E-state index contributed by atoms with van der Waals surface area (Å²) in [7, 11) is 0. The Morgan fingerprint density at radius 1 is 1.21 bits per heavy atom. The Labute approximate surface area is 173 Å². The van der Waals surface area contributed by atoms with Gasteiger partial charge in [0.05, 0.1) is 5.51 Å². The Morgan fingerprint density at radius 3 is 2.28 bits per heavy atom. The number of aliphatic carboxylic acids is 1. The van der Waals surface area contributed by atoms with Gasteiger partial charge in [0.2, 0.25) is 0 Å². The number of carbonyl (C=O) groups excluding carboxylic acids is 1. The van der Waals surface area contributed by atoms with Gasteiger partial charge in [0.1, 0.15) is 5.69 Å². The van der Waals surface area contributed by atoms with E-state index in [0.717, 1.165) is 32.7 Å². The summed E-state index contributed by atoms with van der Waals surface area (Å²) in [6.45, 7) is 7.23. The molecule has 2 atom stereocenters. The number of hydrogen-bond donors (Lipinski definition) is 1. The molecule has 158 valence electrons. The van der Waals surface area contributed by atoms with Crippen LogP contribution in [-0.4, -0.2) is 64.1 Å². The molecular formula is C18H20F3N3O3S2. The molecule has 2 unspecified atom stereocenters. The van der Waals surface area contributed by atoms with Crippen LogP contribution in [-0.2, 0) is 11.3 Å². The number of thiazole rings is 1. The van der Waals surface area contributed by atoms with Crippen LogP contribution in [0.25, 0.3) is 0 Å². The van der Waals surface area contributed by atoms with Crippen LogP contribution in [0.3, 0.4) is 0 Å². The lowest BCUT2D eigenvalue weighted by Gasteiger charge is -2.20. The monoisotopic (exact) mass is 447 g/mol. The van der Waals surface area contributed by atoms with Crippen molar-refractivity contribution in [2.75, 3.05) is 26.2 Å². The van der Waals surface area contributed by atoms with E-state index in [-0.39, 0.29) is 5.91 Å². The van der Waals surface area contributed by atoms with Crippen molar-refractivity contribution in [3.8, 4) is 0 Å². The number of carboxylic acids is 1. The predicted molar refractivity (Wildman–Crippen MR) is 103 cm³/mol. The van der Waals surface area contributed by atoms with E-state index in [9.17, 15) is 18.0 Å². The Hall–Kier alpha value is -1.98. The first kappa shape index (κ1) is 21.7. The van der Waals surface area contributed by atoms with E-state index >= 15 is 0 Å². The molecule has 2 aromatic rings. The maximum Gasteiger partial charge on any atom is 0.490 e. The van der Waals surface area contributed by atoms with Gasteiger partial charge in [0.25, 0.3) is 5.91 Å². The van der Waals surface area contributed by atoms with Crippen molar-refractivity contribution in [1.82, 2.24) is 14.8 Å². The number of rotatable bonds is 3. The molecule has 0 aliphatic carbocycles. The average molecular weight is 448 g/mol. The van der Waals surface area contributed by atoms with Crippen LogP contribution in [0.4, 0.5) is 13.2 Å². The molecule has 1 amide bonds. The molecule has 1 N–H and O–H groups in total. The van der Waals surface area contributed by atoms with Gasteiger partial charge in [0, 0.05) is 47.9 Å². The lowest BCUT2D eigenvalue weighted by atomic mass is 10.0. The Kier molecular flexibility index (Phi) is 6.59. The SMILES string of the molecule is Cc1ccc(CN2CC3CN(C(=O)c4cscn4)CC3C2)s1.O=C(O)C(F)(F)F. The minimum Gasteiger partial charge on any atom is -0.475 e. The summed E-state index contributed by atoms with van der Waals surface area (Å²) < 4.78 is 31.7. The van der Waals surface area contributed by atoms with Gasteiger partial charge in [-0.05, 0) is 30.9 Å². The Morgan fingerprint density at radius 2 is 1.83 bits per heavy atom. The Balaban J connectivity index is 0.000000298. The van der Waals surface area contributed by atoms with Crippen molar-refractivity contribution in [2.45, 2.75) is 19.6 Å². The molecule has 4 rings (SSSR count). The van der Waals surface area contributed by atoms with E-state index in [2.05, 4.69) is 28.9 Å². The quantitative estimate of drug-likeness (QED) is 0.781. The van der Waals surface area contributed by atoms with Gasteiger partial charge in [-0.1, -0.05) is 0 Å². The van der Waals surface area contributed by atoms with E-state index in [1.165, 1.54) is 21.1 Å². The number of alkyl halides is 3. The van der Waals surface area contributed by atoms with E-state index in [1.807, 2.05) is 21.6 Å². The van der Waals surface area contributed by atoms with Crippen LogP contribution in [0.2, 0.25) is 0 Å². The van der Waals surface area contributed by atoms with Crippen molar-refractivity contribution < 1.29 is 27.9 Å². The largest absolute Gasteiger partial charge is 0.490 e. The molecule has 11 heteroatoms. The van der Waals surface area contributed by atoms with Crippen LogP contribution in [0.1, 0.15) is 20.2 Å². The highest BCUT2D eigenvalue weighted by atomic mass is 32.1. The molecule has 2 aromatic heterocycles. The number of halogens is 3. The highest BCUT2D eigenvalue weighted by Crippen LogP contribution is 2.33. The van der Waals surface area contributed by atoms with Crippen molar-refractivity contribution in [1.29, 1.82) is 0 Å². The molecule has 0 bridgehead atoms. The number of carbonyl (C=O) groups is 2. The second-order valence-corrected chi connectivity index (χ2v) is 9.20. The van der Waals surface area contributed by atoms with Crippen molar-refractivity contribution in [3.05, 3.63) is 38.5 Å². The first-order valence-electron chi connectivity index (χ1n) is 8.88. The lowest BCUT2D eigenvalue weighted by molar-refractivity contribution is -0.192. The molecule has 2 aliphatic heterocycles. The van der Waals surface area contributed by atoms with E-state index in [0.29, 0.717) is 17.5 Å². The van der Waals surface area contributed by atoms with Gasteiger partial charge in [-0.2, -0.15) is 13.2 Å². The summed E-state index contributed by atoms with van der Waals surface area (Å²) in [4.78, 5) is 32.8. The van der Waals surface area contributed by atoms with Crippen molar-refractivity contribution in [2.24, 2.45) is 11.8 Å². The third-order valence-electron chi connectivity index (χ3n) is 4.92. The van der Waals surface area contributed by atoms with E-state index in [1.54, 1.807) is 5.51 Å². The molecule has 0 saturated carbocycles. The molecular weight excluding hydrogens is 427 g/mol. The van der Waals surface area contributed by atoms with Gasteiger partial charge in [-0.15, -0.1) is 22.7 Å². The van der Waals surface area contributed by atoms with Crippen LogP contribution in [0.15, 0.2) is 23.0 Å². The maximum absolute atomic E-state index is 12.4. The summed E-state index contributed by atoms with van der Waals surface area (Å²) in [6, 6.07) is 4.44. The molecule has 29 heavy (non-hydrogen) atoms. The fourth-order valence-electron chi connectivity index (χ4n) is 3.66. The van der Waals surface area contributed by atoms with E-state index in [4.69, 9.17) is 9.90 Å². The summed E-state index contributed by atoms with van der Waals surface area (Å²) in [6.07, 6.45) is -5.08. The maximum atomic E-state index is 12.4. The molecule has 2 fully saturated rings. The number of aromatic nitrogens is 1. The fourth-order valence-corrected chi connectivity index (χ4v) is 5.11. The van der Waals surface area contributed by atoms with Crippen molar-refractivity contribution in [3.63, 3.8) is 0 Å². The number of nitrogens with zero attached hydrogens (tertiary/aromatic N) is 3. The van der Waals surface area contributed by atoms with Crippen LogP contribution in [0, 0.1) is 18.8 Å². The summed E-state index contributed by atoms with van der Waals surface area (Å²) in [5.74, 6) is -1.39. The van der Waals surface area contributed by atoms with Gasteiger partial charge in [-0.25, -0.2) is 9.78 Å². The molecule has 0 radical (unpaired) electrons. The molecule has 0 spiro atoms. The minimum absolute atomic E-state index is 0.107. The van der Waals surface area contributed by atoms with Gasteiger partial charge in [0.15, 0.2) is 0 Å². The summed E-state index contributed by atoms with van der Waals surface area (Å²) in [5.41, 5.74) is 2.34. The number of likely N-dealkylation sites (tertiary alicyclic amines) is 2. The van der Waals surface area contributed by atoms with Gasteiger partial charge >= 0.3 is 12.1 Å². The highest BCUT2D eigenvalue weighted by molar-refractivity contribution is 7.11. The zero-order valence-corrected chi connectivity index (χ0v) is 17.2. The molecule has 6 nitrogen and oxygen atoms in total. The number of carboxylic acid groups (broad SMARTS) is 1. The number of amides is 1. The Bertz CT molecular complexity index is 840. The standard InChI is InChI=1S/C16H19N3OS2.C2HF3O2/c1-11-2-3-14(22-11)8-18-4-12-6-19(7-13(12)5-18)16(20)15-9-21-10-17-15;3-2(4,5)1(6)7/h2-3,9-10,12-13H,4-8H2,1H3;(H,6,7). The van der Waals surface area contributed by atoms with Crippen LogP contribution >= 0.6 is 22.7 Å². The number of hydrogen-bond acceptors (Lipinski definition) is 6. The molecule has 0 aromatic carbocycles. The number of fused-ring (bicyclic) bond motifs is 1. The predicted octanol–water partition coefficient (Wildman–Crippen LogP) is 3.35. The van der Waals surface area contributed by atoms with E-state index < -0.39 is 12.1 Å². The molecule has 2 aliphatic rings. The first-order valence-corrected chi connectivity index (χ1v) is 10.6. The number of aryl methyl sites for hydroxylation is 1. The molecule has 2 saturated heterocycles. The second-order valence-electron chi connectivity index (χ2n) is 7.11. The van der Waals surface area contributed by atoms with Gasteiger partial charge in [-0.3, -0.25) is 9.69 Å².